The molecule has 0 aliphatic heterocycles. The smallest absolute Gasteiger partial charge is 0.221 e. The molecule has 0 radical (unpaired) electrons. The van der Waals surface area contributed by atoms with E-state index in [0.29, 0.717) is 0 Å². The van der Waals surface area contributed by atoms with Gasteiger partial charge in [0.2, 0.25) is 5.43 Å². The van der Waals surface area contributed by atoms with Crippen molar-refractivity contribution in [2.24, 2.45) is 0 Å². The maximum Gasteiger partial charge on any atom is 0.221 e. The molecule has 0 saturated carbocycles. The second-order valence-corrected chi connectivity index (χ2v) is 2.09. The molecular formula is C5H4O2S. The zero-order chi connectivity index (χ0) is 5.98. The maximum absolute atomic E-state index is 10.4. The van der Waals surface area contributed by atoms with Crippen LogP contribution in [0.25, 0.3) is 0 Å². The van der Waals surface area contributed by atoms with Gasteiger partial charge in [-0.25, -0.2) is 0 Å². The summed E-state index contributed by atoms with van der Waals surface area (Å²) in [6.45, 7) is 0. The van der Waals surface area contributed by atoms with Crippen LogP contribution in [0.3, 0.4) is 0 Å². The highest BCUT2D eigenvalue weighted by atomic mass is 32.1. The molecule has 1 aromatic rings. The minimum Gasteiger partial charge on any atom is -0.504 e. The summed E-state index contributed by atoms with van der Waals surface area (Å²) in [7, 11) is 0. The first kappa shape index (κ1) is 5.31. The Morgan fingerprint density at radius 2 is 2.38 bits per heavy atom. The van der Waals surface area contributed by atoms with E-state index in [9.17, 15) is 4.79 Å². The number of rotatable bonds is 0. The van der Waals surface area contributed by atoms with Crippen LogP contribution < -0.4 is 5.43 Å². The zero-order valence-electron chi connectivity index (χ0n) is 4.00. The predicted octanol–water partition coefficient (Wildman–Crippen LogP) is 0.814. The van der Waals surface area contributed by atoms with Crippen LogP contribution in [0.2, 0.25) is 0 Å². The predicted molar refractivity (Wildman–Crippen MR) is 32.3 cm³/mol. The SMILES string of the molecule is O=c1ccscc1O. The lowest BCUT2D eigenvalue weighted by molar-refractivity contribution is 0.472. The lowest BCUT2D eigenvalue weighted by Gasteiger charge is -1.81. The summed E-state index contributed by atoms with van der Waals surface area (Å²) in [6.07, 6.45) is 0. The molecule has 0 aliphatic rings. The molecule has 1 N–H and O–H groups in total. The number of hydrogen-bond acceptors (Lipinski definition) is 3. The lowest BCUT2D eigenvalue weighted by Crippen LogP contribution is -1.92. The molecule has 0 aliphatic carbocycles. The van der Waals surface area contributed by atoms with Gasteiger partial charge in [-0.15, -0.1) is 11.3 Å². The van der Waals surface area contributed by atoms with E-state index in [-0.39, 0.29) is 11.2 Å². The molecule has 0 amide bonds. The third-order valence-electron chi connectivity index (χ3n) is 0.730. The van der Waals surface area contributed by atoms with Crippen LogP contribution in [0.1, 0.15) is 0 Å². The molecule has 0 bridgehead atoms. The van der Waals surface area contributed by atoms with Gasteiger partial charge < -0.3 is 5.11 Å². The van der Waals surface area contributed by atoms with E-state index >= 15 is 0 Å². The topological polar surface area (TPSA) is 37.3 Å². The minimum absolute atomic E-state index is 0.169. The van der Waals surface area contributed by atoms with Crippen LogP contribution in [-0.4, -0.2) is 5.11 Å². The van der Waals surface area contributed by atoms with Crippen molar-refractivity contribution in [3.05, 3.63) is 27.0 Å². The van der Waals surface area contributed by atoms with E-state index < -0.39 is 0 Å². The van der Waals surface area contributed by atoms with Crippen molar-refractivity contribution in [2.45, 2.75) is 0 Å². The molecule has 1 heterocycles. The normalized spacial score (nSPS) is 9.00. The van der Waals surface area contributed by atoms with Gasteiger partial charge in [0.15, 0.2) is 5.75 Å². The van der Waals surface area contributed by atoms with Crippen LogP contribution in [-0.2, 0) is 0 Å². The maximum atomic E-state index is 10.4. The highest BCUT2D eigenvalue weighted by molar-refractivity contribution is 7.07. The van der Waals surface area contributed by atoms with Gasteiger partial charge in [-0.2, -0.15) is 0 Å². The Morgan fingerprint density at radius 3 is 2.75 bits per heavy atom. The van der Waals surface area contributed by atoms with E-state index in [2.05, 4.69) is 0 Å². The summed E-state index contributed by atoms with van der Waals surface area (Å²) in [4.78, 5) is 10.4. The zero-order valence-corrected chi connectivity index (χ0v) is 4.81. The minimum atomic E-state index is -0.316. The Morgan fingerprint density at radius 1 is 1.62 bits per heavy atom. The molecule has 0 atom stereocenters. The summed E-state index contributed by atoms with van der Waals surface area (Å²) in [6, 6.07) is 1.33. The highest BCUT2D eigenvalue weighted by Gasteiger charge is 1.87. The Bertz CT molecular complexity index is 228. The molecule has 0 spiro atoms. The Balaban J connectivity index is 3.35. The van der Waals surface area contributed by atoms with Gasteiger partial charge in [-0.05, 0) is 11.4 Å². The second kappa shape index (κ2) is 1.96. The molecule has 8 heavy (non-hydrogen) atoms. The van der Waals surface area contributed by atoms with Crippen molar-refractivity contribution >= 4 is 11.3 Å². The molecule has 0 saturated heterocycles. The number of aromatic hydroxyl groups is 1. The van der Waals surface area contributed by atoms with Crippen molar-refractivity contribution in [3.63, 3.8) is 0 Å². The van der Waals surface area contributed by atoms with Gasteiger partial charge in [-0.1, -0.05) is 0 Å². The molecular weight excluding hydrogens is 124 g/mol. The third-order valence-corrected chi connectivity index (χ3v) is 1.38. The molecule has 1 rings (SSSR count). The summed E-state index contributed by atoms with van der Waals surface area (Å²) >= 11 is 1.29. The third kappa shape index (κ3) is 0.869. The van der Waals surface area contributed by atoms with Crippen molar-refractivity contribution in [2.75, 3.05) is 0 Å². The Labute approximate surface area is 50.0 Å². The van der Waals surface area contributed by atoms with Gasteiger partial charge in [0.1, 0.15) is 0 Å². The standard InChI is InChI=1S/C5H4O2S/c6-4-1-2-8-3-5(4)7/h1-3,7H. The van der Waals surface area contributed by atoms with Gasteiger partial charge >= 0.3 is 0 Å². The van der Waals surface area contributed by atoms with Crippen LogP contribution in [0.5, 0.6) is 5.75 Å². The first-order valence-electron chi connectivity index (χ1n) is 2.06. The van der Waals surface area contributed by atoms with Gasteiger partial charge in [-0.3, -0.25) is 4.79 Å². The number of hydrogen-bond donors (Lipinski definition) is 1. The van der Waals surface area contributed by atoms with Crippen molar-refractivity contribution in [1.82, 2.24) is 0 Å². The van der Waals surface area contributed by atoms with E-state index in [4.69, 9.17) is 5.11 Å². The van der Waals surface area contributed by atoms with E-state index in [1.165, 1.54) is 22.8 Å². The van der Waals surface area contributed by atoms with Gasteiger partial charge in [0, 0.05) is 5.38 Å². The van der Waals surface area contributed by atoms with E-state index in [1.807, 2.05) is 0 Å². The fourth-order valence-corrected chi connectivity index (χ4v) is 0.874. The van der Waals surface area contributed by atoms with E-state index in [1.54, 1.807) is 5.38 Å². The van der Waals surface area contributed by atoms with E-state index in [0.717, 1.165) is 0 Å². The Hall–Kier alpha value is -0.830. The highest BCUT2D eigenvalue weighted by Crippen LogP contribution is 2.01. The average Bonchev–Trinajstić information content (AvgIpc) is 1.77. The molecule has 1 aromatic heterocycles. The van der Waals surface area contributed by atoms with Gasteiger partial charge in [0.25, 0.3) is 0 Å². The van der Waals surface area contributed by atoms with Crippen LogP contribution in [0.4, 0.5) is 0 Å². The van der Waals surface area contributed by atoms with Crippen LogP contribution >= 0.6 is 11.3 Å². The monoisotopic (exact) mass is 128 g/mol. The van der Waals surface area contributed by atoms with Crippen molar-refractivity contribution in [1.29, 1.82) is 0 Å². The molecule has 0 fully saturated rings. The van der Waals surface area contributed by atoms with Crippen molar-refractivity contribution < 1.29 is 5.11 Å². The quantitative estimate of drug-likeness (QED) is 0.561. The fourth-order valence-electron chi connectivity index (χ4n) is 0.348. The first-order chi connectivity index (χ1) is 3.80. The molecule has 42 valence electrons. The molecule has 3 heteroatoms. The molecule has 2 nitrogen and oxygen atoms in total. The van der Waals surface area contributed by atoms with Crippen molar-refractivity contribution in [3.8, 4) is 5.75 Å². The Kier molecular flexibility index (Phi) is 1.30. The fraction of sp³-hybridized carbons (Fsp3) is 0. The summed E-state index contributed by atoms with van der Waals surface area (Å²) in [5.74, 6) is -0.169. The van der Waals surface area contributed by atoms with Gasteiger partial charge in [0.05, 0.1) is 0 Å². The second-order valence-electron chi connectivity index (χ2n) is 1.31. The largest absolute Gasteiger partial charge is 0.504 e. The summed E-state index contributed by atoms with van der Waals surface area (Å²) in [5.41, 5.74) is -0.316. The van der Waals surface area contributed by atoms with Crippen LogP contribution in [0.15, 0.2) is 21.6 Å². The summed E-state index contributed by atoms with van der Waals surface area (Å²) in [5, 5.41) is 11.6. The molecule has 0 unspecified atom stereocenters. The average molecular weight is 128 g/mol. The van der Waals surface area contributed by atoms with Crippen LogP contribution in [0, 0.1) is 0 Å². The summed E-state index contributed by atoms with van der Waals surface area (Å²) < 4.78 is 0. The molecule has 0 aromatic carbocycles. The first-order valence-corrected chi connectivity index (χ1v) is 3.00. The lowest BCUT2D eigenvalue weighted by atomic mass is 10.5.